The number of hydrogen-bond donors (Lipinski definition) is 1. The van der Waals surface area contributed by atoms with Gasteiger partial charge in [-0.3, -0.25) is 9.69 Å². The molecule has 1 fully saturated rings. The summed E-state index contributed by atoms with van der Waals surface area (Å²) in [4.78, 5) is 13.1. The van der Waals surface area contributed by atoms with E-state index in [1.807, 2.05) is 6.92 Å². The lowest BCUT2D eigenvalue weighted by atomic mass is 10.2. The van der Waals surface area contributed by atoms with Gasteiger partial charge in [-0.1, -0.05) is 12.8 Å². The Morgan fingerprint density at radius 2 is 2.12 bits per heavy atom. The number of rotatable bonds is 9. The molecule has 1 saturated heterocycles. The van der Waals surface area contributed by atoms with Gasteiger partial charge in [0.1, 0.15) is 6.04 Å². The second kappa shape index (κ2) is 8.48. The molecule has 0 bridgehead atoms. The van der Waals surface area contributed by atoms with E-state index in [4.69, 9.17) is 9.84 Å². The molecule has 1 unspecified atom stereocenters. The van der Waals surface area contributed by atoms with Crippen molar-refractivity contribution in [3.8, 4) is 0 Å². The van der Waals surface area contributed by atoms with Gasteiger partial charge >= 0.3 is 5.97 Å². The number of ether oxygens (including phenoxy) is 1. The minimum atomic E-state index is -0.654. The van der Waals surface area contributed by atoms with E-state index in [9.17, 15) is 4.79 Å². The minimum absolute atomic E-state index is 0.224. The molecule has 0 aromatic rings. The second-order valence-corrected chi connectivity index (χ2v) is 4.64. The minimum Gasteiger partial charge on any atom is -0.480 e. The summed E-state index contributed by atoms with van der Waals surface area (Å²) in [6.07, 6.45) is 6.44. The Hall–Kier alpha value is -0.610. The Balaban J connectivity index is 2.00. The quantitative estimate of drug-likeness (QED) is 0.630. The van der Waals surface area contributed by atoms with Gasteiger partial charge in [-0.05, 0) is 45.7 Å². The molecule has 17 heavy (non-hydrogen) atoms. The number of likely N-dealkylation sites (tertiary alicyclic amines) is 1. The van der Waals surface area contributed by atoms with Crippen molar-refractivity contribution in [2.75, 3.05) is 26.3 Å². The lowest BCUT2D eigenvalue weighted by molar-refractivity contribution is -0.142. The summed E-state index contributed by atoms with van der Waals surface area (Å²) in [5.41, 5.74) is 0. The van der Waals surface area contributed by atoms with Crippen LogP contribution in [0, 0.1) is 0 Å². The van der Waals surface area contributed by atoms with Gasteiger partial charge in [0.25, 0.3) is 0 Å². The van der Waals surface area contributed by atoms with Crippen molar-refractivity contribution in [2.45, 2.75) is 51.5 Å². The van der Waals surface area contributed by atoms with Gasteiger partial charge in [-0.15, -0.1) is 0 Å². The summed E-state index contributed by atoms with van der Waals surface area (Å²) in [5, 5.41) is 9.03. The molecule has 0 aromatic heterocycles. The van der Waals surface area contributed by atoms with E-state index in [0.29, 0.717) is 0 Å². The van der Waals surface area contributed by atoms with Crippen molar-refractivity contribution in [1.29, 1.82) is 0 Å². The zero-order valence-electron chi connectivity index (χ0n) is 10.9. The highest BCUT2D eigenvalue weighted by molar-refractivity contribution is 5.73. The van der Waals surface area contributed by atoms with E-state index in [1.165, 1.54) is 12.8 Å². The molecule has 1 heterocycles. The largest absolute Gasteiger partial charge is 0.480 e. The number of aliphatic carboxylic acids is 1. The molecule has 1 aliphatic heterocycles. The first kappa shape index (κ1) is 14.5. The van der Waals surface area contributed by atoms with Crippen LogP contribution in [0.4, 0.5) is 0 Å². The normalized spacial score (nSPS) is 20.9. The van der Waals surface area contributed by atoms with E-state index in [0.717, 1.165) is 52.0 Å². The Kier molecular flexibility index (Phi) is 7.21. The molecule has 100 valence electrons. The number of unbranched alkanes of at least 4 members (excludes halogenated alkanes) is 3. The van der Waals surface area contributed by atoms with Crippen molar-refractivity contribution in [1.82, 2.24) is 4.90 Å². The average Bonchev–Trinajstić information content (AvgIpc) is 2.76. The van der Waals surface area contributed by atoms with Crippen LogP contribution in [0.1, 0.15) is 45.4 Å². The molecule has 1 aliphatic rings. The number of carbonyl (C=O) groups is 1. The van der Waals surface area contributed by atoms with E-state index in [2.05, 4.69) is 4.90 Å². The van der Waals surface area contributed by atoms with Crippen molar-refractivity contribution in [3.05, 3.63) is 0 Å². The van der Waals surface area contributed by atoms with Crippen molar-refractivity contribution < 1.29 is 14.6 Å². The fraction of sp³-hybridized carbons (Fsp3) is 0.923. The Bertz CT molecular complexity index is 221. The number of nitrogens with zero attached hydrogens (tertiary/aromatic N) is 1. The van der Waals surface area contributed by atoms with E-state index in [-0.39, 0.29) is 6.04 Å². The molecule has 4 heteroatoms. The fourth-order valence-corrected chi connectivity index (χ4v) is 2.39. The van der Waals surface area contributed by atoms with Crippen molar-refractivity contribution >= 4 is 5.97 Å². The topological polar surface area (TPSA) is 49.8 Å². The smallest absolute Gasteiger partial charge is 0.320 e. The monoisotopic (exact) mass is 243 g/mol. The molecular formula is C13H25NO3. The van der Waals surface area contributed by atoms with Crippen molar-refractivity contribution in [2.24, 2.45) is 0 Å². The summed E-state index contributed by atoms with van der Waals surface area (Å²) in [7, 11) is 0. The fourth-order valence-electron chi connectivity index (χ4n) is 2.39. The van der Waals surface area contributed by atoms with Gasteiger partial charge in [0.2, 0.25) is 0 Å². The summed E-state index contributed by atoms with van der Waals surface area (Å²) in [6, 6.07) is -0.224. The van der Waals surface area contributed by atoms with E-state index < -0.39 is 5.97 Å². The molecule has 1 atom stereocenters. The van der Waals surface area contributed by atoms with Gasteiger partial charge < -0.3 is 9.84 Å². The lowest BCUT2D eigenvalue weighted by Gasteiger charge is -2.20. The number of carboxylic acids is 1. The molecule has 1 N–H and O–H groups in total. The molecule has 0 spiro atoms. The summed E-state index contributed by atoms with van der Waals surface area (Å²) in [6.45, 7) is 5.56. The molecule has 0 radical (unpaired) electrons. The lowest BCUT2D eigenvalue weighted by Crippen LogP contribution is -2.36. The van der Waals surface area contributed by atoms with Gasteiger partial charge in [0.15, 0.2) is 0 Å². The van der Waals surface area contributed by atoms with Crippen LogP contribution in [0.15, 0.2) is 0 Å². The SMILES string of the molecule is CCOCCCCCCN1CCCC1C(=O)O. The summed E-state index contributed by atoms with van der Waals surface area (Å²) >= 11 is 0. The molecule has 0 aromatic carbocycles. The van der Waals surface area contributed by atoms with Gasteiger partial charge in [0.05, 0.1) is 0 Å². The van der Waals surface area contributed by atoms with Crippen LogP contribution in [0.25, 0.3) is 0 Å². The Morgan fingerprint density at radius 3 is 2.82 bits per heavy atom. The highest BCUT2D eigenvalue weighted by Crippen LogP contribution is 2.18. The average molecular weight is 243 g/mol. The molecule has 0 aliphatic carbocycles. The predicted octanol–water partition coefficient (Wildman–Crippen LogP) is 2.13. The molecule has 4 nitrogen and oxygen atoms in total. The third kappa shape index (κ3) is 5.50. The molecule has 0 saturated carbocycles. The van der Waals surface area contributed by atoms with E-state index >= 15 is 0 Å². The molecule has 1 rings (SSSR count). The first-order valence-electron chi connectivity index (χ1n) is 6.80. The van der Waals surface area contributed by atoms with Gasteiger partial charge in [-0.25, -0.2) is 0 Å². The molecule has 0 amide bonds. The van der Waals surface area contributed by atoms with Crippen molar-refractivity contribution in [3.63, 3.8) is 0 Å². The predicted molar refractivity (Wildman–Crippen MR) is 67.2 cm³/mol. The number of hydrogen-bond acceptors (Lipinski definition) is 3. The summed E-state index contributed by atoms with van der Waals surface area (Å²) in [5.74, 6) is -0.654. The number of carboxylic acid groups (broad SMARTS) is 1. The van der Waals surface area contributed by atoms with Crippen LogP contribution >= 0.6 is 0 Å². The van der Waals surface area contributed by atoms with Crippen LogP contribution in [-0.2, 0) is 9.53 Å². The standard InChI is InChI=1S/C13H25NO3/c1-2-17-11-6-4-3-5-9-14-10-7-8-12(14)13(15)16/h12H,2-11H2,1H3,(H,15,16). The molecular weight excluding hydrogens is 218 g/mol. The summed E-state index contributed by atoms with van der Waals surface area (Å²) < 4.78 is 5.27. The third-order valence-electron chi connectivity index (χ3n) is 3.34. The maximum Gasteiger partial charge on any atom is 0.320 e. The van der Waals surface area contributed by atoms with Crippen LogP contribution in [0.5, 0.6) is 0 Å². The Labute approximate surface area is 104 Å². The highest BCUT2D eigenvalue weighted by Gasteiger charge is 2.29. The van der Waals surface area contributed by atoms with Gasteiger partial charge in [-0.2, -0.15) is 0 Å². The third-order valence-corrected chi connectivity index (χ3v) is 3.34. The van der Waals surface area contributed by atoms with Crippen LogP contribution < -0.4 is 0 Å². The van der Waals surface area contributed by atoms with Gasteiger partial charge in [0, 0.05) is 13.2 Å². The zero-order valence-corrected chi connectivity index (χ0v) is 10.9. The second-order valence-electron chi connectivity index (χ2n) is 4.64. The zero-order chi connectivity index (χ0) is 12.5. The first-order valence-corrected chi connectivity index (χ1v) is 6.80. The Morgan fingerprint density at radius 1 is 1.35 bits per heavy atom. The van der Waals surface area contributed by atoms with Crippen LogP contribution in [0.3, 0.4) is 0 Å². The maximum absolute atomic E-state index is 11.0. The first-order chi connectivity index (χ1) is 8.25. The van der Waals surface area contributed by atoms with E-state index in [1.54, 1.807) is 0 Å². The maximum atomic E-state index is 11.0. The van der Waals surface area contributed by atoms with Crippen LogP contribution in [-0.4, -0.2) is 48.3 Å². The van der Waals surface area contributed by atoms with Crippen LogP contribution in [0.2, 0.25) is 0 Å². The highest BCUT2D eigenvalue weighted by atomic mass is 16.5.